The SMILES string of the molecule is C[Si](C)(C#CC#C[Si](C)(C)Cc1ccccc1)Cc1ccccc1. The fourth-order valence-corrected chi connectivity index (χ4v) is 6.19. The van der Waals surface area contributed by atoms with Crippen molar-refractivity contribution in [1.29, 1.82) is 0 Å². The normalized spacial score (nSPS) is 11.0. The van der Waals surface area contributed by atoms with Crippen LogP contribution < -0.4 is 0 Å². The number of hydrogen-bond acceptors (Lipinski definition) is 0. The number of hydrogen-bond donors (Lipinski definition) is 0. The third kappa shape index (κ3) is 6.63. The van der Waals surface area contributed by atoms with Gasteiger partial charge in [-0.2, -0.15) is 0 Å². The lowest BCUT2D eigenvalue weighted by Crippen LogP contribution is -2.28. The van der Waals surface area contributed by atoms with Crippen molar-refractivity contribution in [3.8, 4) is 22.9 Å². The van der Waals surface area contributed by atoms with Gasteiger partial charge >= 0.3 is 0 Å². The Bertz CT molecular complexity index is 697. The van der Waals surface area contributed by atoms with Gasteiger partial charge in [-0.05, 0) is 35.1 Å². The molecule has 0 aliphatic rings. The summed E-state index contributed by atoms with van der Waals surface area (Å²) in [6.45, 7) is 9.28. The lowest BCUT2D eigenvalue weighted by atomic mass is 10.2. The third-order valence-electron chi connectivity index (χ3n) is 3.84. The maximum absolute atomic E-state index is 3.48. The summed E-state index contributed by atoms with van der Waals surface area (Å²) in [6, 6.07) is 23.5. The summed E-state index contributed by atoms with van der Waals surface area (Å²) in [6.07, 6.45) is 0. The Morgan fingerprint density at radius 3 is 1.25 bits per heavy atom. The standard InChI is InChI=1S/C22H26Si2/c1-23(2,19-21-13-7-5-8-14-21)17-11-12-18-24(3,4)20-22-15-9-6-10-16-22/h5-10,13-16H,19-20H2,1-4H3. The van der Waals surface area contributed by atoms with Crippen LogP contribution in [0.25, 0.3) is 0 Å². The van der Waals surface area contributed by atoms with E-state index < -0.39 is 16.1 Å². The molecule has 2 heteroatoms. The van der Waals surface area contributed by atoms with E-state index in [2.05, 4.69) is 110 Å². The van der Waals surface area contributed by atoms with Crippen molar-refractivity contribution in [3.63, 3.8) is 0 Å². The Kier molecular flexibility index (Phi) is 6.26. The highest BCUT2D eigenvalue weighted by Gasteiger charge is 2.19. The molecule has 0 bridgehead atoms. The molecule has 0 saturated carbocycles. The monoisotopic (exact) mass is 346 g/mol. The van der Waals surface area contributed by atoms with Gasteiger partial charge in [0.05, 0.1) is 0 Å². The van der Waals surface area contributed by atoms with Gasteiger partial charge in [0.1, 0.15) is 16.1 Å². The van der Waals surface area contributed by atoms with Crippen LogP contribution in [0.15, 0.2) is 60.7 Å². The van der Waals surface area contributed by atoms with Crippen LogP contribution in [0.1, 0.15) is 11.1 Å². The molecule has 0 atom stereocenters. The minimum absolute atomic E-state index is 1.09. The van der Waals surface area contributed by atoms with Crippen molar-refractivity contribution >= 4 is 16.1 Å². The van der Waals surface area contributed by atoms with Crippen LogP contribution in [0.4, 0.5) is 0 Å². The first-order valence-electron chi connectivity index (χ1n) is 8.49. The highest BCUT2D eigenvalue weighted by molar-refractivity contribution is 6.85. The smallest absolute Gasteiger partial charge is 0.118 e. The fraction of sp³-hybridized carbons (Fsp3) is 0.273. The number of rotatable bonds is 4. The molecule has 0 aliphatic carbocycles. The van der Waals surface area contributed by atoms with Gasteiger partial charge in [-0.1, -0.05) is 86.9 Å². The molecule has 0 heterocycles. The molecular formula is C22H26Si2. The predicted molar refractivity (Wildman–Crippen MR) is 111 cm³/mol. The van der Waals surface area contributed by atoms with Gasteiger partial charge in [0.15, 0.2) is 0 Å². The lowest BCUT2D eigenvalue weighted by Gasteiger charge is -2.14. The first-order valence-corrected chi connectivity index (χ1v) is 14.9. The molecule has 0 spiro atoms. The summed E-state index contributed by atoms with van der Waals surface area (Å²) >= 11 is 0. The van der Waals surface area contributed by atoms with Crippen LogP contribution in [0.2, 0.25) is 26.2 Å². The minimum Gasteiger partial charge on any atom is -0.118 e. The van der Waals surface area contributed by atoms with Crippen molar-refractivity contribution in [3.05, 3.63) is 71.8 Å². The van der Waals surface area contributed by atoms with Gasteiger partial charge in [0.25, 0.3) is 0 Å². The molecule has 2 aromatic carbocycles. The van der Waals surface area contributed by atoms with Crippen molar-refractivity contribution in [2.24, 2.45) is 0 Å². The summed E-state index contributed by atoms with van der Waals surface area (Å²) in [5, 5.41) is 0. The van der Waals surface area contributed by atoms with Crippen LogP contribution in [-0.4, -0.2) is 16.1 Å². The molecule has 0 unspecified atom stereocenters. The molecule has 0 aromatic heterocycles. The van der Waals surface area contributed by atoms with E-state index in [1.165, 1.54) is 11.1 Å². The largest absolute Gasteiger partial charge is 0.138 e. The van der Waals surface area contributed by atoms with Gasteiger partial charge < -0.3 is 0 Å². The van der Waals surface area contributed by atoms with Gasteiger partial charge in [0, 0.05) is 0 Å². The molecule has 0 aliphatic heterocycles. The maximum Gasteiger partial charge on any atom is 0.138 e. The molecule has 0 nitrogen and oxygen atoms in total. The van der Waals surface area contributed by atoms with Crippen LogP contribution in [-0.2, 0) is 12.1 Å². The van der Waals surface area contributed by atoms with Crippen molar-refractivity contribution in [2.75, 3.05) is 0 Å². The lowest BCUT2D eigenvalue weighted by molar-refractivity contribution is 1.33. The van der Waals surface area contributed by atoms with Crippen LogP contribution in [0.3, 0.4) is 0 Å². The minimum atomic E-state index is -1.56. The molecule has 0 fully saturated rings. The molecule has 2 aromatic rings. The zero-order valence-corrected chi connectivity index (χ0v) is 17.2. The Morgan fingerprint density at radius 2 is 0.917 bits per heavy atom. The van der Waals surface area contributed by atoms with Gasteiger partial charge in [-0.25, -0.2) is 0 Å². The molecule has 24 heavy (non-hydrogen) atoms. The van der Waals surface area contributed by atoms with Crippen LogP contribution in [0, 0.1) is 22.9 Å². The molecule has 0 N–H and O–H groups in total. The van der Waals surface area contributed by atoms with E-state index in [-0.39, 0.29) is 0 Å². The first-order chi connectivity index (χ1) is 11.4. The average molecular weight is 347 g/mol. The molecule has 0 saturated heterocycles. The van der Waals surface area contributed by atoms with Gasteiger partial charge in [-0.3, -0.25) is 0 Å². The summed E-state index contributed by atoms with van der Waals surface area (Å²) in [5.41, 5.74) is 9.73. The number of benzene rings is 2. The summed E-state index contributed by atoms with van der Waals surface area (Å²) < 4.78 is 0. The van der Waals surface area contributed by atoms with Crippen molar-refractivity contribution in [2.45, 2.75) is 38.3 Å². The van der Waals surface area contributed by atoms with Crippen molar-refractivity contribution < 1.29 is 0 Å². The highest BCUT2D eigenvalue weighted by atomic mass is 28.3. The van der Waals surface area contributed by atoms with E-state index in [1.54, 1.807) is 0 Å². The van der Waals surface area contributed by atoms with Crippen LogP contribution in [0.5, 0.6) is 0 Å². The van der Waals surface area contributed by atoms with Gasteiger partial charge in [0.2, 0.25) is 0 Å². The highest BCUT2D eigenvalue weighted by Crippen LogP contribution is 2.12. The summed E-state index contributed by atoms with van der Waals surface area (Å²) in [7, 11) is -3.13. The first kappa shape index (κ1) is 18.3. The average Bonchev–Trinajstić information content (AvgIpc) is 2.53. The zero-order valence-electron chi connectivity index (χ0n) is 15.2. The summed E-state index contributed by atoms with van der Waals surface area (Å²) in [4.78, 5) is 0. The molecule has 122 valence electrons. The Hall–Kier alpha value is -2.01. The Balaban J connectivity index is 2.00. The zero-order chi connectivity index (χ0) is 17.5. The molecule has 0 radical (unpaired) electrons. The second kappa shape index (κ2) is 8.20. The van der Waals surface area contributed by atoms with Crippen LogP contribution >= 0.6 is 0 Å². The second-order valence-corrected chi connectivity index (χ2v) is 16.3. The fourth-order valence-electron chi connectivity index (χ4n) is 2.70. The van der Waals surface area contributed by atoms with E-state index in [0.717, 1.165) is 12.1 Å². The molecule has 2 rings (SSSR count). The third-order valence-corrected chi connectivity index (χ3v) is 8.03. The van der Waals surface area contributed by atoms with E-state index in [9.17, 15) is 0 Å². The summed E-state index contributed by atoms with van der Waals surface area (Å²) in [5.74, 6) is 6.35. The molecule has 0 amide bonds. The van der Waals surface area contributed by atoms with E-state index in [4.69, 9.17) is 0 Å². The maximum atomic E-state index is 3.48. The van der Waals surface area contributed by atoms with Crippen molar-refractivity contribution in [1.82, 2.24) is 0 Å². The topological polar surface area (TPSA) is 0 Å². The van der Waals surface area contributed by atoms with E-state index in [1.807, 2.05) is 0 Å². The quantitative estimate of drug-likeness (QED) is 0.537. The van der Waals surface area contributed by atoms with E-state index in [0.29, 0.717) is 0 Å². The van der Waals surface area contributed by atoms with E-state index >= 15 is 0 Å². The molecular weight excluding hydrogens is 320 g/mol. The van der Waals surface area contributed by atoms with Gasteiger partial charge in [-0.15, -0.1) is 11.1 Å². The Labute approximate surface area is 149 Å². The second-order valence-electron chi connectivity index (χ2n) is 7.59. The Morgan fingerprint density at radius 1 is 0.583 bits per heavy atom. The predicted octanol–water partition coefficient (Wildman–Crippen LogP) is 5.05.